The van der Waals surface area contributed by atoms with Gasteiger partial charge in [0.15, 0.2) is 5.22 Å². The molecule has 0 saturated heterocycles. The van der Waals surface area contributed by atoms with Gasteiger partial charge in [0.25, 0.3) is 0 Å². The monoisotopic (exact) mass is 346 g/mol. The number of fused-ring (bicyclic) bond motifs is 5. The lowest BCUT2D eigenvalue weighted by Crippen LogP contribution is -2.05. The van der Waals surface area contributed by atoms with Gasteiger partial charge in [-0.1, -0.05) is 17.7 Å². The maximum Gasteiger partial charge on any atom is 0.192 e. The standard InChI is InChI=1S/C14H13ClN2.C4H3ClO/c15-12-3-1-2-8-6-10-9(14(8)12)4-5-13-11(10)7-16-17-13;5-4-2-1-3-6-4/h4-5,7-8H,1-3,6H2,(H,16,17);1-3H. The van der Waals surface area contributed by atoms with E-state index in [4.69, 9.17) is 23.2 Å². The van der Waals surface area contributed by atoms with Gasteiger partial charge in [0.05, 0.1) is 18.0 Å². The lowest BCUT2D eigenvalue weighted by molar-refractivity contribution is 0.569. The molecule has 0 bridgehead atoms. The van der Waals surface area contributed by atoms with Gasteiger partial charge in [-0.05, 0) is 78.1 Å². The number of benzene rings is 1. The van der Waals surface area contributed by atoms with Crippen LogP contribution >= 0.6 is 23.2 Å². The average molecular weight is 347 g/mol. The fourth-order valence-corrected chi connectivity index (χ4v) is 4.14. The van der Waals surface area contributed by atoms with Crippen LogP contribution in [0, 0.1) is 5.92 Å². The molecular formula is C18H16Cl2N2O. The fourth-order valence-electron chi connectivity index (χ4n) is 3.63. The summed E-state index contributed by atoms with van der Waals surface area (Å²) in [7, 11) is 0. The molecule has 0 fully saturated rings. The van der Waals surface area contributed by atoms with E-state index in [0.29, 0.717) is 11.1 Å². The van der Waals surface area contributed by atoms with E-state index < -0.39 is 0 Å². The molecule has 118 valence electrons. The van der Waals surface area contributed by atoms with Crippen LogP contribution in [-0.2, 0) is 6.42 Å². The van der Waals surface area contributed by atoms with Gasteiger partial charge in [0, 0.05) is 10.4 Å². The summed E-state index contributed by atoms with van der Waals surface area (Å²) in [5.74, 6) is 0.645. The van der Waals surface area contributed by atoms with Crippen LogP contribution in [0.4, 0.5) is 0 Å². The highest BCUT2D eigenvalue weighted by atomic mass is 35.5. The quantitative estimate of drug-likeness (QED) is 0.558. The Kier molecular flexibility index (Phi) is 3.92. The van der Waals surface area contributed by atoms with Crippen molar-refractivity contribution in [1.29, 1.82) is 0 Å². The van der Waals surface area contributed by atoms with Crippen molar-refractivity contribution < 1.29 is 4.42 Å². The number of nitrogens with zero attached hydrogens (tertiary/aromatic N) is 1. The number of H-pyrrole nitrogens is 1. The predicted molar refractivity (Wildman–Crippen MR) is 93.6 cm³/mol. The van der Waals surface area contributed by atoms with Crippen LogP contribution < -0.4 is 0 Å². The van der Waals surface area contributed by atoms with E-state index in [1.54, 1.807) is 12.1 Å². The van der Waals surface area contributed by atoms with Crippen molar-refractivity contribution in [2.24, 2.45) is 5.92 Å². The molecule has 2 aromatic heterocycles. The lowest BCUT2D eigenvalue weighted by atomic mass is 9.88. The number of rotatable bonds is 0. The van der Waals surface area contributed by atoms with Gasteiger partial charge in [-0.3, -0.25) is 5.10 Å². The van der Waals surface area contributed by atoms with Crippen LogP contribution in [0.1, 0.15) is 30.4 Å². The largest absolute Gasteiger partial charge is 0.453 e. The van der Waals surface area contributed by atoms with Gasteiger partial charge >= 0.3 is 0 Å². The molecule has 0 spiro atoms. The topological polar surface area (TPSA) is 41.8 Å². The van der Waals surface area contributed by atoms with Gasteiger partial charge in [-0.2, -0.15) is 5.10 Å². The van der Waals surface area contributed by atoms with Crippen LogP contribution in [0.3, 0.4) is 0 Å². The Balaban J connectivity index is 0.000000192. The number of allylic oxidation sites excluding steroid dienone is 2. The predicted octanol–water partition coefficient (Wildman–Crippen LogP) is 5.80. The molecule has 0 radical (unpaired) electrons. The Morgan fingerprint density at radius 3 is 2.87 bits per heavy atom. The third kappa shape index (κ3) is 2.68. The van der Waals surface area contributed by atoms with E-state index >= 15 is 0 Å². The molecule has 1 atom stereocenters. The van der Waals surface area contributed by atoms with Crippen molar-refractivity contribution in [2.75, 3.05) is 0 Å². The minimum absolute atomic E-state index is 0.440. The molecule has 5 rings (SSSR count). The zero-order valence-corrected chi connectivity index (χ0v) is 14.0. The average Bonchev–Trinajstić information content (AvgIpc) is 3.25. The number of halogens is 2. The number of furan rings is 1. The fraction of sp³-hybridized carbons (Fsp3) is 0.278. The minimum atomic E-state index is 0.440. The number of hydrogen-bond donors (Lipinski definition) is 1. The molecule has 3 aromatic rings. The lowest BCUT2D eigenvalue weighted by Gasteiger charge is -2.19. The number of aromatic nitrogens is 2. The molecule has 5 heteroatoms. The first kappa shape index (κ1) is 14.9. The van der Waals surface area contributed by atoms with Gasteiger partial charge in [-0.25, -0.2) is 0 Å². The summed E-state index contributed by atoms with van der Waals surface area (Å²) < 4.78 is 4.60. The van der Waals surface area contributed by atoms with Crippen molar-refractivity contribution in [1.82, 2.24) is 10.2 Å². The van der Waals surface area contributed by atoms with E-state index in [9.17, 15) is 0 Å². The summed E-state index contributed by atoms with van der Waals surface area (Å²) in [6.45, 7) is 0. The van der Waals surface area contributed by atoms with Crippen molar-refractivity contribution in [2.45, 2.75) is 25.7 Å². The van der Waals surface area contributed by atoms with Crippen molar-refractivity contribution in [3.63, 3.8) is 0 Å². The van der Waals surface area contributed by atoms with Crippen molar-refractivity contribution in [3.8, 4) is 0 Å². The number of nitrogens with one attached hydrogen (secondary N) is 1. The molecule has 2 heterocycles. The molecule has 0 amide bonds. The summed E-state index contributed by atoms with van der Waals surface area (Å²) >= 11 is 11.7. The Bertz CT molecular complexity index is 864. The van der Waals surface area contributed by atoms with Gasteiger partial charge < -0.3 is 4.42 Å². The third-order valence-electron chi connectivity index (χ3n) is 4.61. The smallest absolute Gasteiger partial charge is 0.192 e. The first-order chi connectivity index (χ1) is 11.2. The Morgan fingerprint density at radius 2 is 2.13 bits per heavy atom. The highest BCUT2D eigenvalue weighted by Crippen LogP contribution is 2.48. The zero-order chi connectivity index (χ0) is 15.8. The molecular weight excluding hydrogens is 331 g/mol. The minimum Gasteiger partial charge on any atom is -0.453 e. The second-order valence-electron chi connectivity index (χ2n) is 5.95. The summed E-state index contributed by atoms with van der Waals surface area (Å²) in [6.07, 6.45) is 8.17. The van der Waals surface area contributed by atoms with E-state index in [-0.39, 0.29) is 0 Å². The molecule has 23 heavy (non-hydrogen) atoms. The highest BCUT2D eigenvalue weighted by Gasteiger charge is 2.32. The van der Waals surface area contributed by atoms with Gasteiger partial charge in [-0.15, -0.1) is 0 Å². The zero-order valence-electron chi connectivity index (χ0n) is 12.5. The maximum absolute atomic E-state index is 6.43. The van der Waals surface area contributed by atoms with E-state index in [1.807, 2.05) is 6.20 Å². The molecule has 1 N–H and O–H groups in total. The Labute approximate surface area is 144 Å². The SMILES string of the molecule is ClC1=C2c3ccc4[nH]ncc4c3CC2CCC1.Clc1ccco1. The molecule has 2 aliphatic rings. The summed E-state index contributed by atoms with van der Waals surface area (Å²) in [6, 6.07) is 7.75. The van der Waals surface area contributed by atoms with Crippen LogP contribution in [0.15, 0.2) is 46.2 Å². The third-order valence-corrected chi connectivity index (χ3v) is 5.22. The molecule has 0 aliphatic heterocycles. The van der Waals surface area contributed by atoms with Crippen molar-refractivity contribution in [3.05, 3.63) is 58.1 Å². The van der Waals surface area contributed by atoms with Crippen LogP contribution in [-0.4, -0.2) is 10.2 Å². The van der Waals surface area contributed by atoms with Crippen LogP contribution in [0.25, 0.3) is 16.5 Å². The van der Waals surface area contributed by atoms with Gasteiger partial charge in [0.2, 0.25) is 0 Å². The first-order valence-electron chi connectivity index (χ1n) is 7.77. The number of aromatic amines is 1. The molecule has 0 saturated carbocycles. The molecule has 1 unspecified atom stereocenters. The number of hydrogen-bond acceptors (Lipinski definition) is 2. The highest BCUT2D eigenvalue weighted by molar-refractivity contribution is 6.33. The molecule has 3 nitrogen and oxygen atoms in total. The summed E-state index contributed by atoms with van der Waals surface area (Å²) in [5.41, 5.74) is 5.36. The normalized spacial score (nSPS) is 19.3. The Hall–Kier alpha value is -1.71. The maximum atomic E-state index is 6.43. The molecule has 1 aromatic carbocycles. The summed E-state index contributed by atoms with van der Waals surface area (Å²) in [4.78, 5) is 0. The first-order valence-corrected chi connectivity index (χ1v) is 8.52. The second-order valence-corrected chi connectivity index (χ2v) is 6.78. The molecule has 2 aliphatic carbocycles. The van der Waals surface area contributed by atoms with E-state index in [0.717, 1.165) is 23.4 Å². The van der Waals surface area contributed by atoms with Crippen LogP contribution in [0.2, 0.25) is 5.22 Å². The Morgan fingerprint density at radius 1 is 1.22 bits per heavy atom. The van der Waals surface area contributed by atoms with E-state index in [2.05, 4.69) is 26.7 Å². The van der Waals surface area contributed by atoms with Crippen LogP contribution in [0.5, 0.6) is 0 Å². The van der Waals surface area contributed by atoms with Crippen molar-refractivity contribution >= 4 is 39.7 Å². The van der Waals surface area contributed by atoms with Gasteiger partial charge in [0.1, 0.15) is 0 Å². The second kappa shape index (κ2) is 6.06. The summed E-state index contributed by atoms with van der Waals surface area (Å²) in [5, 5.41) is 9.98. The van der Waals surface area contributed by atoms with E-state index in [1.165, 1.54) is 41.2 Å².